The van der Waals surface area contributed by atoms with Gasteiger partial charge in [-0.2, -0.15) is 0 Å². The van der Waals surface area contributed by atoms with Crippen molar-refractivity contribution in [1.82, 2.24) is 14.5 Å². The van der Waals surface area contributed by atoms with Gasteiger partial charge >= 0.3 is 0 Å². The fourth-order valence-corrected chi connectivity index (χ4v) is 9.40. The van der Waals surface area contributed by atoms with E-state index in [1.54, 1.807) is 0 Å². The number of benzene rings is 10. The molecule has 0 fully saturated rings. The van der Waals surface area contributed by atoms with Crippen molar-refractivity contribution in [2.24, 2.45) is 0 Å². The Morgan fingerprint density at radius 3 is 1.16 bits per heavy atom. The zero-order chi connectivity index (χ0) is 45.2. The topological polar surface area (TPSA) is 34.0 Å². The highest BCUT2D eigenvalue weighted by Gasteiger charge is 2.17. The monoisotopic (exact) mass is 868 g/mol. The van der Waals surface area contributed by atoms with Crippen molar-refractivity contribution >= 4 is 38.9 Å². The first kappa shape index (κ1) is 40.4. The van der Waals surface area contributed by atoms with Crippen molar-refractivity contribution in [1.29, 1.82) is 0 Å². The normalized spacial score (nSPS) is 11.2. The molecule has 2 aromatic heterocycles. The molecule has 68 heavy (non-hydrogen) atoms. The summed E-state index contributed by atoms with van der Waals surface area (Å²) in [7, 11) is 0. The largest absolute Gasteiger partial charge is 0.311 e. The number of para-hydroxylation sites is 2. The highest BCUT2D eigenvalue weighted by atomic mass is 15.1. The first-order valence-corrected chi connectivity index (χ1v) is 23.1. The lowest BCUT2D eigenvalue weighted by Gasteiger charge is -2.26. The van der Waals surface area contributed by atoms with Gasteiger partial charge < -0.3 is 9.47 Å². The molecule has 0 amide bonds. The maximum atomic E-state index is 5.16. The van der Waals surface area contributed by atoms with E-state index in [4.69, 9.17) is 9.97 Å². The maximum Gasteiger partial charge on any atom is 0.160 e. The van der Waals surface area contributed by atoms with Crippen LogP contribution in [0, 0.1) is 0 Å². The van der Waals surface area contributed by atoms with Crippen molar-refractivity contribution in [2.45, 2.75) is 0 Å². The Morgan fingerprint density at radius 1 is 0.265 bits per heavy atom. The van der Waals surface area contributed by atoms with Crippen LogP contribution in [0.25, 0.3) is 94.8 Å². The maximum absolute atomic E-state index is 5.16. The van der Waals surface area contributed by atoms with Gasteiger partial charge in [-0.05, 0) is 106 Å². The van der Waals surface area contributed by atoms with Crippen LogP contribution in [0.5, 0.6) is 0 Å². The van der Waals surface area contributed by atoms with Gasteiger partial charge in [0.15, 0.2) is 5.82 Å². The van der Waals surface area contributed by atoms with Gasteiger partial charge in [0.05, 0.1) is 22.4 Å². The second kappa shape index (κ2) is 17.7. The van der Waals surface area contributed by atoms with E-state index >= 15 is 0 Å². The third-order valence-corrected chi connectivity index (χ3v) is 12.8. The first-order chi connectivity index (χ1) is 33.7. The van der Waals surface area contributed by atoms with E-state index in [0.29, 0.717) is 5.82 Å². The molecule has 0 saturated heterocycles. The molecule has 0 bridgehead atoms. The molecule has 4 nitrogen and oxygen atoms in total. The van der Waals surface area contributed by atoms with Crippen molar-refractivity contribution in [2.75, 3.05) is 4.90 Å². The molecule has 10 aromatic carbocycles. The van der Waals surface area contributed by atoms with Crippen LogP contribution in [0.4, 0.5) is 17.1 Å². The Morgan fingerprint density at radius 2 is 0.632 bits per heavy atom. The van der Waals surface area contributed by atoms with E-state index in [0.717, 1.165) is 56.4 Å². The lowest BCUT2D eigenvalue weighted by atomic mass is 10.0. The SMILES string of the molecule is c1ccc(-c2ccc(-c3cc(-c4ccc(N(c5ccc(-c6ccccc6)cc5)c5ccc(-c6ccc7c(c6)c6ccccc6n7-c6ccccc6)cc5)cc4)nc(-c4ccccc4)n3)cc2)cc1. The average Bonchev–Trinajstić information content (AvgIpc) is 3.76. The number of fused-ring (bicyclic) bond motifs is 3. The molecule has 0 saturated carbocycles. The zero-order valence-corrected chi connectivity index (χ0v) is 37.2. The highest BCUT2D eigenvalue weighted by molar-refractivity contribution is 6.10. The quantitative estimate of drug-likeness (QED) is 0.137. The molecule has 0 aliphatic carbocycles. The van der Waals surface area contributed by atoms with Crippen molar-refractivity contribution in [3.05, 3.63) is 267 Å². The predicted octanol–water partition coefficient (Wildman–Crippen LogP) is 17.0. The number of anilines is 3. The van der Waals surface area contributed by atoms with Crippen LogP contribution in [0.3, 0.4) is 0 Å². The summed E-state index contributed by atoms with van der Waals surface area (Å²) >= 11 is 0. The lowest BCUT2D eigenvalue weighted by molar-refractivity contribution is 1.18. The van der Waals surface area contributed by atoms with Crippen LogP contribution < -0.4 is 4.90 Å². The molecule has 4 heteroatoms. The molecule has 2 heterocycles. The van der Waals surface area contributed by atoms with Gasteiger partial charge in [0, 0.05) is 50.2 Å². The molecule has 12 aromatic rings. The van der Waals surface area contributed by atoms with E-state index in [9.17, 15) is 0 Å². The number of aromatic nitrogens is 3. The second-order valence-electron chi connectivity index (χ2n) is 17.0. The summed E-state index contributed by atoms with van der Waals surface area (Å²) in [6.07, 6.45) is 0. The van der Waals surface area contributed by atoms with E-state index in [2.05, 4.69) is 252 Å². The Balaban J connectivity index is 0.912. The van der Waals surface area contributed by atoms with Gasteiger partial charge in [0.1, 0.15) is 0 Å². The molecule has 320 valence electrons. The van der Waals surface area contributed by atoms with Gasteiger partial charge in [-0.15, -0.1) is 0 Å². The van der Waals surface area contributed by atoms with E-state index < -0.39 is 0 Å². The minimum atomic E-state index is 0.690. The predicted molar refractivity (Wildman–Crippen MR) is 284 cm³/mol. The average molecular weight is 869 g/mol. The Kier molecular flexibility index (Phi) is 10.5. The smallest absolute Gasteiger partial charge is 0.160 e. The van der Waals surface area contributed by atoms with E-state index in [1.807, 2.05) is 24.3 Å². The fraction of sp³-hybridized carbons (Fsp3) is 0. The molecule has 0 N–H and O–H groups in total. The third-order valence-electron chi connectivity index (χ3n) is 12.8. The van der Waals surface area contributed by atoms with Crippen LogP contribution in [0.15, 0.2) is 267 Å². The van der Waals surface area contributed by atoms with E-state index in [1.165, 1.54) is 49.6 Å². The Bertz CT molecular complexity index is 3660. The molecule has 0 radical (unpaired) electrons. The zero-order valence-electron chi connectivity index (χ0n) is 37.2. The first-order valence-electron chi connectivity index (χ1n) is 23.1. The summed E-state index contributed by atoms with van der Waals surface area (Å²) < 4.78 is 2.36. The van der Waals surface area contributed by atoms with Crippen LogP contribution in [0.2, 0.25) is 0 Å². The molecule has 0 aliphatic heterocycles. The van der Waals surface area contributed by atoms with Crippen molar-refractivity contribution in [3.8, 4) is 73.0 Å². The minimum Gasteiger partial charge on any atom is -0.311 e. The Labute approximate surface area is 396 Å². The second-order valence-corrected chi connectivity index (χ2v) is 17.0. The molecular formula is C64H44N4. The summed E-state index contributed by atoms with van der Waals surface area (Å²) in [5, 5.41) is 2.48. The minimum absolute atomic E-state index is 0.690. The van der Waals surface area contributed by atoms with Gasteiger partial charge in [-0.1, -0.05) is 194 Å². The van der Waals surface area contributed by atoms with Crippen LogP contribution >= 0.6 is 0 Å². The molecule has 0 unspecified atom stereocenters. The van der Waals surface area contributed by atoms with Gasteiger partial charge in [-0.3, -0.25) is 0 Å². The fourth-order valence-electron chi connectivity index (χ4n) is 9.40. The molecular weight excluding hydrogens is 825 g/mol. The number of hydrogen-bond acceptors (Lipinski definition) is 3. The highest BCUT2D eigenvalue weighted by Crippen LogP contribution is 2.40. The van der Waals surface area contributed by atoms with Crippen LogP contribution in [-0.4, -0.2) is 14.5 Å². The Hall–Kier alpha value is -9.12. The number of hydrogen-bond donors (Lipinski definition) is 0. The molecule has 0 atom stereocenters. The molecule has 0 spiro atoms. The number of rotatable bonds is 10. The van der Waals surface area contributed by atoms with Crippen LogP contribution in [0.1, 0.15) is 0 Å². The van der Waals surface area contributed by atoms with Crippen LogP contribution in [-0.2, 0) is 0 Å². The third kappa shape index (κ3) is 7.80. The van der Waals surface area contributed by atoms with Gasteiger partial charge in [-0.25, -0.2) is 9.97 Å². The van der Waals surface area contributed by atoms with Crippen molar-refractivity contribution < 1.29 is 0 Å². The summed E-state index contributed by atoms with van der Waals surface area (Å²) in [5.74, 6) is 0.690. The summed E-state index contributed by atoms with van der Waals surface area (Å²) in [5.41, 5.74) is 18.5. The number of nitrogens with zero attached hydrogens (tertiary/aromatic N) is 4. The van der Waals surface area contributed by atoms with Gasteiger partial charge in [0.25, 0.3) is 0 Å². The summed E-state index contributed by atoms with van der Waals surface area (Å²) in [6.45, 7) is 0. The van der Waals surface area contributed by atoms with E-state index in [-0.39, 0.29) is 0 Å². The lowest BCUT2D eigenvalue weighted by Crippen LogP contribution is -2.09. The van der Waals surface area contributed by atoms with Gasteiger partial charge in [0.2, 0.25) is 0 Å². The molecule has 12 rings (SSSR count). The summed E-state index contributed by atoms with van der Waals surface area (Å²) in [4.78, 5) is 12.6. The molecule has 0 aliphatic rings. The van der Waals surface area contributed by atoms with Crippen molar-refractivity contribution in [3.63, 3.8) is 0 Å². The summed E-state index contributed by atoms with van der Waals surface area (Å²) in [6, 6.07) is 94.7. The standard InChI is InChI=1S/C64H44N4/c1-5-15-45(16-6-1)47-25-27-50(28-26-47)60-44-61(66-64(65-60)52-19-9-3-10-20-52)51-33-40-57(41-34-51)67(55-36-29-48(30-37-55)46-17-7-2-8-18-46)56-38-31-49(32-39-56)53-35-42-63-59(43-53)58-23-13-14-24-62(58)68(63)54-21-11-4-12-22-54/h1-44H.